The van der Waals surface area contributed by atoms with Crippen LogP contribution in [0.4, 0.5) is 18.9 Å². The minimum Gasteiger partial charge on any atom is -0.321 e. The van der Waals surface area contributed by atoms with E-state index < -0.39 is 17.6 Å². The Morgan fingerprint density at radius 1 is 1.15 bits per heavy atom. The molecule has 0 radical (unpaired) electrons. The summed E-state index contributed by atoms with van der Waals surface area (Å²) in [5, 5.41) is 10.7. The fourth-order valence-electron chi connectivity index (χ4n) is 2.33. The Hall–Kier alpha value is -2.87. The second-order valence-corrected chi connectivity index (χ2v) is 5.88. The van der Waals surface area contributed by atoms with E-state index in [1.165, 1.54) is 16.8 Å². The molecule has 9 heteroatoms. The number of hydrogen-bond acceptors (Lipinski definition) is 3. The van der Waals surface area contributed by atoms with Crippen molar-refractivity contribution in [3.8, 4) is 5.69 Å². The first-order valence-corrected chi connectivity index (χ1v) is 7.80. The Kier molecular flexibility index (Phi) is 4.69. The van der Waals surface area contributed by atoms with Crippen LogP contribution in [0.5, 0.6) is 0 Å². The van der Waals surface area contributed by atoms with E-state index in [-0.39, 0.29) is 11.4 Å². The number of hydrogen-bond donors (Lipinski definition) is 1. The first-order chi connectivity index (χ1) is 12.3. The van der Waals surface area contributed by atoms with Crippen LogP contribution in [0.25, 0.3) is 5.69 Å². The molecule has 1 N–H and O–H groups in total. The highest BCUT2D eigenvalue weighted by atomic mass is 35.5. The highest BCUT2D eigenvalue weighted by Gasteiger charge is 2.30. The highest BCUT2D eigenvalue weighted by molar-refractivity contribution is 6.30. The minimum atomic E-state index is -4.49. The van der Waals surface area contributed by atoms with Crippen LogP contribution in [-0.4, -0.2) is 20.9 Å². The quantitative estimate of drug-likeness (QED) is 0.727. The Labute approximate surface area is 151 Å². The summed E-state index contributed by atoms with van der Waals surface area (Å²) in [6, 6.07) is 11.1. The molecule has 0 fully saturated rings. The van der Waals surface area contributed by atoms with Gasteiger partial charge in [0.15, 0.2) is 5.69 Å². The van der Waals surface area contributed by atoms with Gasteiger partial charge in [-0.2, -0.15) is 13.2 Å². The molecule has 3 aromatic rings. The van der Waals surface area contributed by atoms with Gasteiger partial charge in [-0.25, -0.2) is 4.68 Å². The van der Waals surface area contributed by atoms with Gasteiger partial charge in [-0.15, -0.1) is 5.10 Å². The van der Waals surface area contributed by atoms with Crippen molar-refractivity contribution in [2.45, 2.75) is 13.1 Å². The van der Waals surface area contributed by atoms with Gasteiger partial charge in [-0.05, 0) is 49.4 Å². The van der Waals surface area contributed by atoms with E-state index in [4.69, 9.17) is 11.6 Å². The zero-order valence-corrected chi connectivity index (χ0v) is 14.1. The molecule has 0 saturated carbocycles. The normalized spacial score (nSPS) is 11.4. The first kappa shape index (κ1) is 17.9. The molecule has 0 aliphatic rings. The maximum absolute atomic E-state index is 12.8. The summed E-state index contributed by atoms with van der Waals surface area (Å²) in [5.41, 5.74) is 0.272. The Bertz CT molecular complexity index is 951. The van der Waals surface area contributed by atoms with Crippen LogP contribution in [0.15, 0.2) is 48.5 Å². The number of anilines is 1. The Morgan fingerprint density at radius 2 is 1.85 bits per heavy atom. The molecule has 0 saturated heterocycles. The van der Waals surface area contributed by atoms with Crippen molar-refractivity contribution >= 4 is 23.2 Å². The number of carbonyl (C=O) groups excluding carboxylic acids is 1. The molecule has 26 heavy (non-hydrogen) atoms. The summed E-state index contributed by atoms with van der Waals surface area (Å²) in [6.07, 6.45) is -4.49. The highest BCUT2D eigenvalue weighted by Crippen LogP contribution is 2.30. The first-order valence-electron chi connectivity index (χ1n) is 7.42. The van der Waals surface area contributed by atoms with Gasteiger partial charge in [-0.3, -0.25) is 4.79 Å². The predicted octanol–water partition coefficient (Wildman–Crippen LogP) is 4.50. The lowest BCUT2D eigenvalue weighted by molar-refractivity contribution is -0.137. The van der Waals surface area contributed by atoms with E-state index in [0.717, 1.165) is 12.1 Å². The lowest BCUT2D eigenvalue weighted by Gasteiger charge is -2.09. The van der Waals surface area contributed by atoms with Gasteiger partial charge < -0.3 is 5.32 Å². The third kappa shape index (κ3) is 3.70. The van der Waals surface area contributed by atoms with E-state index in [9.17, 15) is 18.0 Å². The number of aromatic nitrogens is 3. The molecule has 0 spiro atoms. The summed E-state index contributed by atoms with van der Waals surface area (Å²) in [6.45, 7) is 1.63. The summed E-state index contributed by atoms with van der Waals surface area (Å²) >= 11 is 5.84. The van der Waals surface area contributed by atoms with Crippen molar-refractivity contribution in [1.82, 2.24) is 15.0 Å². The molecule has 1 aromatic heterocycles. The fourth-order valence-corrected chi connectivity index (χ4v) is 2.46. The number of amides is 1. The van der Waals surface area contributed by atoms with E-state index in [1.54, 1.807) is 31.2 Å². The van der Waals surface area contributed by atoms with Crippen molar-refractivity contribution < 1.29 is 18.0 Å². The van der Waals surface area contributed by atoms with Crippen molar-refractivity contribution in [2.24, 2.45) is 0 Å². The molecular formula is C17H12ClF3N4O. The lowest BCUT2D eigenvalue weighted by Crippen LogP contribution is -2.15. The fraction of sp³-hybridized carbons (Fsp3) is 0.118. The third-order valence-electron chi connectivity index (χ3n) is 3.63. The molecule has 5 nitrogen and oxygen atoms in total. The van der Waals surface area contributed by atoms with Crippen LogP contribution in [0.3, 0.4) is 0 Å². The number of halogens is 4. The van der Waals surface area contributed by atoms with E-state index in [1.807, 2.05) is 0 Å². The number of carbonyl (C=O) groups is 1. The maximum atomic E-state index is 12.8. The van der Waals surface area contributed by atoms with Crippen LogP contribution in [0.1, 0.15) is 21.7 Å². The topological polar surface area (TPSA) is 59.8 Å². The minimum absolute atomic E-state index is 0.0114. The second kappa shape index (κ2) is 6.80. The molecule has 1 heterocycles. The molecule has 0 unspecified atom stereocenters. The average Bonchev–Trinajstić information content (AvgIpc) is 2.97. The smallest absolute Gasteiger partial charge is 0.321 e. The summed E-state index contributed by atoms with van der Waals surface area (Å²) in [4.78, 5) is 12.4. The summed E-state index contributed by atoms with van der Waals surface area (Å²) in [7, 11) is 0. The molecule has 2 aromatic carbocycles. The third-order valence-corrected chi connectivity index (χ3v) is 3.88. The van der Waals surface area contributed by atoms with E-state index in [0.29, 0.717) is 16.4 Å². The van der Waals surface area contributed by atoms with Crippen molar-refractivity contribution in [1.29, 1.82) is 0 Å². The van der Waals surface area contributed by atoms with Gasteiger partial charge >= 0.3 is 6.18 Å². The molecule has 134 valence electrons. The van der Waals surface area contributed by atoms with Crippen LogP contribution in [-0.2, 0) is 6.18 Å². The number of rotatable bonds is 3. The molecule has 0 atom stereocenters. The van der Waals surface area contributed by atoms with Crippen LogP contribution in [0.2, 0.25) is 5.02 Å². The van der Waals surface area contributed by atoms with Crippen molar-refractivity contribution in [3.05, 3.63) is 70.5 Å². The van der Waals surface area contributed by atoms with Gasteiger partial charge in [0.05, 0.1) is 16.9 Å². The molecule has 3 rings (SSSR count). The Balaban J connectivity index is 1.84. The van der Waals surface area contributed by atoms with Gasteiger partial charge in [0, 0.05) is 10.7 Å². The van der Waals surface area contributed by atoms with E-state index >= 15 is 0 Å². The second-order valence-electron chi connectivity index (χ2n) is 5.44. The predicted molar refractivity (Wildman–Crippen MR) is 90.5 cm³/mol. The SMILES string of the molecule is Cc1c(C(=O)Nc2cccc(C(F)(F)F)c2)nnn1-c1ccc(Cl)cc1. The Morgan fingerprint density at radius 3 is 2.50 bits per heavy atom. The summed E-state index contributed by atoms with van der Waals surface area (Å²) < 4.78 is 39.7. The zero-order chi connectivity index (χ0) is 18.9. The average molecular weight is 381 g/mol. The number of alkyl halides is 3. The van der Waals surface area contributed by atoms with Gasteiger partial charge in [0.25, 0.3) is 5.91 Å². The summed E-state index contributed by atoms with van der Waals surface area (Å²) in [5.74, 6) is -0.651. The number of nitrogens with one attached hydrogen (secondary N) is 1. The van der Waals surface area contributed by atoms with Crippen LogP contribution in [0, 0.1) is 6.92 Å². The molecule has 0 bridgehead atoms. The number of nitrogens with zero attached hydrogens (tertiary/aromatic N) is 3. The molecule has 0 aliphatic carbocycles. The molecule has 1 amide bonds. The standard InChI is InChI=1S/C17H12ClF3N4O/c1-10-15(23-24-25(10)14-7-5-12(18)6-8-14)16(26)22-13-4-2-3-11(9-13)17(19,20)21/h2-9H,1H3,(H,22,26). The number of benzene rings is 2. The van der Waals surface area contributed by atoms with Gasteiger partial charge in [0.2, 0.25) is 0 Å². The van der Waals surface area contributed by atoms with E-state index in [2.05, 4.69) is 15.6 Å². The zero-order valence-electron chi connectivity index (χ0n) is 13.4. The van der Waals surface area contributed by atoms with Crippen LogP contribution >= 0.6 is 11.6 Å². The largest absolute Gasteiger partial charge is 0.416 e. The van der Waals surface area contributed by atoms with Crippen LogP contribution < -0.4 is 5.32 Å². The van der Waals surface area contributed by atoms with Crippen molar-refractivity contribution in [3.63, 3.8) is 0 Å². The molecule has 0 aliphatic heterocycles. The van der Waals surface area contributed by atoms with Gasteiger partial charge in [0.1, 0.15) is 0 Å². The monoisotopic (exact) mass is 380 g/mol. The van der Waals surface area contributed by atoms with Crippen molar-refractivity contribution in [2.75, 3.05) is 5.32 Å². The molecular weight excluding hydrogens is 369 g/mol. The van der Waals surface area contributed by atoms with Gasteiger partial charge in [-0.1, -0.05) is 22.9 Å². The maximum Gasteiger partial charge on any atom is 0.416 e. The lowest BCUT2D eigenvalue weighted by atomic mass is 10.2.